The summed E-state index contributed by atoms with van der Waals surface area (Å²) in [4.78, 5) is 16.4. The highest BCUT2D eigenvalue weighted by Crippen LogP contribution is 2.32. The van der Waals surface area contributed by atoms with Crippen molar-refractivity contribution >= 4 is 61.9 Å². The van der Waals surface area contributed by atoms with Crippen LogP contribution in [0.1, 0.15) is 35.4 Å². The van der Waals surface area contributed by atoms with E-state index in [1.54, 1.807) is 29.1 Å². The van der Waals surface area contributed by atoms with Crippen LogP contribution in [-0.2, 0) is 17.9 Å². The number of aromatic nitrogens is 5. The molecule has 1 aromatic carbocycles. The van der Waals surface area contributed by atoms with Crippen molar-refractivity contribution in [1.29, 1.82) is 0 Å². The first-order valence-corrected chi connectivity index (χ1v) is 11.5. The zero-order valence-electron chi connectivity index (χ0n) is 17.7. The first kappa shape index (κ1) is 25.4. The lowest BCUT2D eigenvalue weighted by Gasteiger charge is -2.08. The monoisotopic (exact) mass is 592 g/mol. The number of halogens is 7. The van der Waals surface area contributed by atoms with E-state index in [2.05, 4.69) is 36.4 Å². The second kappa shape index (κ2) is 10.1. The molecule has 0 aliphatic rings. The molecule has 3 aromatic heterocycles. The highest BCUT2D eigenvalue weighted by atomic mass is 79.9. The van der Waals surface area contributed by atoms with Crippen LogP contribution < -0.4 is 5.32 Å². The highest BCUT2D eigenvalue weighted by molar-refractivity contribution is 9.10. The number of anilines is 1. The summed E-state index contributed by atoms with van der Waals surface area (Å²) < 4.78 is 56.5. The summed E-state index contributed by atoms with van der Waals surface area (Å²) in [5.41, 5.74) is -0.698. The number of nitrogens with zero attached hydrogens (tertiary/aromatic N) is 5. The molecule has 0 fully saturated rings. The van der Waals surface area contributed by atoms with Gasteiger partial charge < -0.3 is 5.32 Å². The molecule has 14 heteroatoms. The molecular formula is C21H15BrCl2F4N6O. The Kier molecular flexibility index (Phi) is 7.34. The quantitative estimate of drug-likeness (QED) is 0.246. The number of aryl methyl sites for hydroxylation is 1. The number of nitrogens with one attached hydrogen (secondary N) is 1. The molecule has 184 valence electrons. The summed E-state index contributed by atoms with van der Waals surface area (Å²) in [6.45, 7) is 1.32. The Morgan fingerprint density at radius 1 is 1.11 bits per heavy atom. The number of rotatable bonds is 7. The van der Waals surface area contributed by atoms with Crippen molar-refractivity contribution in [3.8, 4) is 0 Å². The molecule has 4 aromatic rings. The van der Waals surface area contributed by atoms with Crippen LogP contribution in [0.3, 0.4) is 0 Å². The van der Waals surface area contributed by atoms with Crippen molar-refractivity contribution in [2.24, 2.45) is 0 Å². The van der Waals surface area contributed by atoms with Crippen molar-refractivity contribution in [3.63, 3.8) is 0 Å². The van der Waals surface area contributed by atoms with Gasteiger partial charge in [-0.3, -0.25) is 9.48 Å². The van der Waals surface area contributed by atoms with Gasteiger partial charge in [0.05, 0.1) is 32.1 Å². The van der Waals surface area contributed by atoms with Gasteiger partial charge in [0.2, 0.25) is 5.91 Å². The van der Waals surface area contributed by atoms with Gasteiger partial charge in [0.1, 0.15) is 12.2 Å². The maximum Gasteiger partial charge on any atom is 0.280 e. The molecule has 4 rings (SSSR count). The lowest BCUT2D eigenvalue weighted by atomic mass is 10.1. The van der Waals surface area contributed by atoms with Crippen LogP contribution in [0.4, 0.5) is 23.4 Å². The van der Waals surface area contributed by atoms with E-state index in [-0.39, 0.29) is 22.5 Å². The topological polar surface area (TPSA) is 77.6 Å². The van der Waals surface area contributed by atoms with E-state index in [1.165, 1.54) is 6.92 Å². The predicted molar refractivity (Wildman–Crippen MR) is 126 cm³/mol. The smallest absolute Gasteiger partial charge is 0.280 e. The number of hydrogen-bond donors (Lipinski definition) is 1. The maximum absolute atomic E-state index is 13.5. The number of fused-ring (bicyclic) bond motifs is 1. The summed E-state index contributed by atoms with van der Waals surface area (Å²) in [6, 6.07) is 5.79. The van der Waals surface area contributed by atoms with Gasteiger partial charge in [-0.15, -0.1) is 0 Å². The van der Waals surface area contributed by atoms with Crippen molar-refractivity contribution in [2.75, 3.05) is 5.32 Å². The van der Waals surface area contributed by atoms with Gasteiger partial charge in [0, 0.05) is 11.8 Å². The summed E-state index contributed by atoms with van der Waals surface area (Å²) in [5, 5.41) is 11.7. The molecule has 0 atom stereocenters. The Balaban J connectivity index is 1.56. The Morgan fingerprint density at radius 3 is 2.51 bits per heavy atom. The molecule has 0 aliphatic carbocycles. The van der Waals surface area contributed by atoms with E-state index in [1.807, 2.05) is 0 Å². The van der Waals surface area contributed by atoms with Gasteiger partial charge in [-0.25, -0.2) is 27.2 Å². The zero-order valence-corrected chi connectivity index (χ0v) is 20.8. The Labute approximate surface area is 214 Å². The fourth-order valence-corrected chi connectivity index (χ4v) is 4.23. The minimum atomic E-state index is -3.06. The average molecular weight is 594 g/mol. The van der Waals surface area contributed by atoms with E-state index in [9.17, 15) is 22.4 Å². The summed E-state index contributed by atoms with van der Waals surface area (Å²) in [6.07, 6.45) is -4.44. The minimum absolute atomic E-state index is 0.0655. The number of carbonyl (C=O) groups is 1. The van der Waals surface area contributed by atoms with Crippen molar-refractivity contribution in [1.82, 2.24) is 24.5 Å². The van der Waals surface area contributed by atoms with E-state index < -0.39 is 36.6 Å². The molecule has 35 heavy (non-hydrogen) atoms. The molecule has 0 aliphatic heterocycles. The van der Waals surface area contributed by atoms with Gasteiger partial charge in [-0.1, -0.05) is 29.3 Å². The van der Waals surface area contributed by atoms with Crippen LogP contribution in [0.2, 0.25) is 10.0 Å². The molecule has 0 spiro atoms. The third-order valence-corrected chi connectivity index (χ3v) is 6.30. The molecule has 0 unspecified atom stereocenters. The summed E-state index contributed by atoms with van der Waals surface area (Å²) in [7, 11) is 0. The van der Waals surface area contributed by atoms with Crippen LogP contribution in [0.5, 0.6) is 0 Å². The first-order chi connectivity index (χ1) is 16.5. The third-order valence-electron chi connectivity index (χ3n) is 4.98. The first-order valence-electron chi connectivity index (χ1n) is 9.94. The van der Waals surface area contributed by atoms with Crippen LogP contribution in [0, 0.1) is 6.92 Å². The van der Waals surface area contributed by atoms with Crippen molar-refractivity contribution in [3.05, 3.63) is 67.5 Å². The Morgan fingerprint density at radius 2 is 1.86 bits per heavy atom. The van der Waals surface area contributed by atoms with Crippen LogP contribution in [-0.4, -0.2) is 30.5 Å². The Bertz CT molecular complexity index is 1420. The number of amides is 1. The number of carbonyl (C=O) groups excluding carboxylic acids is 1. The highest BCUT2D eigenvalue weighted by Gasteiger charge is 2.24. The number of hydrogen-bond acceptors (Lipinski definition) is 4. The van der Waals surface area contributed by atoms with E-state index in [0.717, 1.165) is 10.2 Å². The second-order valence-corrected chi connectivity index (χ2v) is 9.17. The van der Waals surface area contributed by atoms with Gasteiger partial charge in [0.15, 0.2) is 11.5 Å². The zero-order chi connectivity index (χ0) is 25.4. The SMILES string of the molecule is Cc1nn(CC(=O)Nc2nn(Cc3ccc(Cl)c(Cl)c3)cc2Br)c2nc(C(F)F)cc(C(F)F)c12. The Hall–Kier alpha value is -2.70. The maximum atomic E-state index is 13.5. The van der Waals surface area contributed by atoms with Gasteiger partial charge in [-0.05, 0) is 46.6 Å². The fraction of sp³-hybridized carbons (Fsp3) is 0.238. The van der Waals surface area contributed by atoms with E-state index in [0.29, 0.717) is 27.1 Å². The van der Waals surface area contributed by atoms with Crippen LogP contribution in [0.15, 0.2) is 34.9 Å². The molecule has 0 radical (unpaired) electrons. The van der Waals surface area contributed by atoms with Crippen LogP contribution in [0.25, 0.3) is 11.0 Å². The summed E-state index contributed by atoms with van der Waals surface area (Å²) >= 11 is 15.3. The van der Waals surface area contributed by atoms with Gasteiger partial charge in [-0.2, -0.15) is 10.2 Å². The third kappa shape index (κ3) is 5.44. The fourth-order valence-electron chi connectivity index (χ4n) is 3.50. The molecule has 7 nitrogen and oxygen atoms in total. The summed E-state index contributed by atoms with van der Waals surface area (Å²) in [5.74, 6) is -0.421. The number of benzene rings is 1. The van der Waals surface area contributed by atoms with Crippen molar-refractivity contribution in [2.45, 2.75) is 32.9 Å². The molecule has 0 bridgehead atoms. The van der Waals surface area contributed by atoms with Gasteiger partial charge >= 0.3 is 0 Å². The standard InChI is InChI=1S/C21H15BrCl2F4N6O/c1-9-17-11(18(25)26)5-15(19(27)28)29-21(17)34(31-9)8-16(35)30-20-12(22)7-33(32-20)6-10-2-3-13(23)14(24)4-10/h2-5,7,18-19H,6,8H2,1H3,(H,30,32,35). The second-order valence-electron chi connectivity index (χ2n) is 7.50. The molecular weight excluding hydrogens is 579 g/mol. The van der Waals surface area contributed by atoms with Crippen LogP contribution >= 0.6 is 39.1 Å². The van der Waals surface area contributed by atoms with E-state index in [4.69, 9.17) is 23.2 Å². The molecule has 3 heterocycles. The predicted octanol–water partition coefficient (Wildman–Crippen LogP) is 6.57. The molecule has 1 amide bonds. The lowest BCUT2D eigenvalue weighted by Crippen LogP contribution is -2.20. The lowest BCUT2D eigenvalue weighted by molar-refractivity contribution is -0.116. The minimum Gasteiger partial charge on any atom is -0.307 e. The molecule has 0 saturated heterocycles. The van der Waals surface area contributed by atoms with E-state index >= 15 is 0 Å². The molecule has 1 N–H and O–H groups in total. The average Bonchev–Trinajstić information content (AvgIpc) is 3.28. The normalized spacial score (nSPS) is 11.7. The van der Waals surface area contributed by atoms with Gasteiger partial charge in [0.25, 0.3) is 12.9 Å². The number of alkyl halides is 4. The largest absolute Gasteiger partial charge is 0.307 e. The number of pyridine rings is 1. The molecule has 0 saturated carbocycles. The van der Waals surface area contributed by atoms with Crippen molar-refractivity contribution < 1.29 is 22.4 Å².